The van der Waals surface area contributed by atoms with Gasteiger partial charge in [-0.05, 0) is 103 Å². The molecule has 0 amide bonds. The Bertz CT molecular complexity index is 1380. The van der Waals surface area contributed by atoms with Crippen LogP contribution in [0.25, 0.3) is 0 Å². The quantitative estimate of drug-likeness (QED) is 0.0345. The molecule has 0 saturated heterocycles. The van der Waals surface area contributed by atoms with Crippen molar-refractivity contribution >= 4 is 11.9 Å². The van der Waals surface area contributed by atoms with Gasteiger partial charge in [-0.2, -0.15) is 0 Å². The number of carbonyl (C=O) groups is 2. The van der Waals surface area contributed by atoms with E-state index in [-0.39, 0.29) is 25.2 Å². The number of hydrogen-bond acceptors (Lipinski definition) is 5. The van der Waals surface area contributed by atoms with Crippen molar-refractivity contribution in [1.82, 2.24) is 0 Å². The van der Waals surface area contributed by atoms with Crippen LogP contribution in [0.15, 0.2) is 109 Å². The Morgan fingerprint density at radius 2 is 0.643 bits per heavy atom. The highest BCUT2D eigenvalue weighted by Crippen LogP contribution is 2.16. The molecule has 1 atom stereocenters. The van der Waals surface area contributed by atoms with E-state index in [1.54, 1.807) is 0 Å². The highest BCUT2D eigenvalue weighted by atomic mass is 16.6. The molecule has 0 aromatic carbocycles. The summed E-state index contributed by atoms with van der Waals surface area (Å²) in [5, 5.41) is 0. The lowest BCUT2D eigenvalue weighted by molar-refractivity contribution is -0.163. The number of allylic oxidation sites excluding steroid dienone is 18. The molecule has 0 N–H and O–H groups in total. The van der Waals surface area contributed by atoms with E-state index in [1.807, 2.05) is 0 Å². The molecule has 5 heteroatoms. The molecule has 0 heterocycles. The fraction of sp³-hybridized carbons (Fsp3) is 0.692. The maximum Gasteiger partial charge on any atom is 0.306 e. The molecule has 0 rings (SSSR count). The van der Waals surface area contributed by atoms with Crippen molar-refractivity contribution in [3.63, 3.8) is 0 Å². The average Bonchev–Trinajstić information content (AvgIpc) is 3.36. The minimum Gasteiger partial charge on any atom is -0.462 e. The van der Waals surface area contributed by atoms with Gasteiger partial charge in [0.25, 0.3) is 0 Å². The highest BCUT2D eigenvalue weighted by molar-refractivity contribution is 5.70. The van der Waals surface area contributed by atoms with Crippen LogP contribution >= 0.6 is 0 Å². The minimum absolute atomic E-state index is 0.0545. The van der Waals surface area contributed by atoms with E-state index in [1.165, 1.54) is 116 Å². The van der Waals surface area contributed by atoms with Gasteiger partial charge in [-0.15, -0.1) is 0 Å². The molecule has 0 saturated carbocycles. The number of esters is 2. The fourth-order valence-corrected chi connectivity index (χ4v) is 8.00. The molecule has 0 aromatic heterocycles. The van der Waals surface area contributed by atoms with Crippen molar-refractivity contribution in [3.05, 3.63) is 109 Å². The summed E-state index contributed by atoms with van der Waals surface area (Å²) in [5.74, 6) is -0.456. The van der Waals surface area contributed by atoms with Crippen LogP contribution in [-0.2, 0) is 23.8 Å². The first-order chi connectivity index (χ1) is 34.6. The van der Waals surface area contributed by atoms with E-state index in [0.29, 0.717) is 19.4 Å². The topological polar surface area (TPSA) is 61.8 Å². The zero-order valence-electron chi connectivity index (χ0n) is 46.0. The Balaban J connectivity index is 4.36. The molecule has 70 heavy (non-hydrogen) atoms. The minimum atomic E-state index is -0.578. The summed E-state index contributed by atoms with van der Waals surface area (Å²) in [6.45, 7) is 7.52. The molecule has 400 valence electrons. The lowest BCUT2D eigenvalue weighted by Gasteiger charge is -2.18. The zero-order chi connectivity index (χ0) is 50.6. The zero-order valence-corrected chi connectivity index (χ0v) is 46.0. The van der Waals surface area contributed by atoms with E-state index in [0.717, 1.165) is 116 Å². The Morgan fingerprint density at radius 1 is 0.329 bits per heavy atom. The normalized spacial score (nSPS) is 13.0. The average molecular weight is 972 g/mol. The SMILES string of the molecule is CC/C=C\C/C=C\C/C=C\C/C=C\C/C=C\CCCCCCOCC(COC(=O)CCCCCCCCCCCCCCCCCCCCC)OC(=O)CCCC/C=C\C/C=C\C/C=C\C/C=C\CC. The third kappa shape index (κ3) is 57.1. The lowest BCUT2D eigenvalue weighted by atomic mass is 10.0. The van der Waals surface area contributed by atoms with Crippen LogP contribution in [0.2, 0.25) is 0 Å². The van der Waals surface area contributed by atoms with Crippen molar-refractivity contribution in [2.24, 2.45) is 0 Å². The van der Waals surface area contributed by atoms with Gasteiger partial charge < -0.3 is 14.2 Å². The first-order valence-corrected chi connectivity index (χ1v) is 29.4. The van der Waals surface area contributed by atoms with Crippen LogP contribution in [-0.4, -0.2) is 37.9 Å². The van der Waals surface area contributed by atoms with Crippen molar-refractivity contribution in [2.75, 3.05) is 19.8 Å². The van der Waals surface area contributed by atoms with E-state index >= 15 is 0 Å². The van der Waals surface area contributed by atoms with Gasteiger partial charge in [0.05, 0.1) is 6.61 Å². The molecule has 0 spiro atoms. The molecule has 0 bridgehead atoms. The van der Waals surface area contributed by atoms with Gasteiger partial charge in [-0.1, -0.05) is 259 Å². The van der Waals surface area contributed by atoms with E-state index in [4.69, 9.17) is 14.2 Å². The van der Waals surface area contributed by atoms with E-state index in [9.17, 15) is 9.59 Å². The smallest absolute Gasteiger partial charge is 0.306 e. The van der Waals surface area contributed by atoms with Gasteiger partial charge >= 0.3 is 11.9 Å². The van der Waals surface area contributed by atoms with Crippen LogP contribution in [0, 0.1) is 0 Å². The summed E-state index contributed by atoms with van der Waals surface area (Å²) in [7, 11) is 0. The monoisotopic (exact) mass is 971 g/mol. The summed E-state index contributed by atoms with van der Waals surface area (Å²) in [5.41, 5.74) is 0. The van der Waals surface area contributed by atoms with Gasteiger partial charge in [-0.25, -0.2) is 0 Å². The van der Waals surface area contributed by atoms with Crippen LogP contribution in [0.1, 0.15) is 265 Å². The molecular weight excluding hydrogens is 861 g/mol. The second-order valence-corrected chi connectivity index (χ2v) is 19.1. The number of hydrogen-bond donors (Lipinski definition) is 0. The Morgan fingerprint density at radius 3 is 1.06 bits per heavy atom. The second-order valence-electron chi connectivity index (χ2n) is 19.1. The molecule has 0 aliphatic rings. The molecule has 0 fully saturated rings. The van der Waals surface area contributed by atoms with Crippen molar-refractivity contribution < 1.29 is 23.8 Å². The first-order valence-electron chi connectivity index (χ1n) is 29.4. The molecule has 0 radical (unpaired) electrons. The van der Waals surface area contributed by atoms with Crippen molar-refractivity contribution in [2.45, 2.75) is 271 Å². The van der Waals surface area contributed by atoms with Gasteiger partial charge in [0.15, 0.2) is 6.10 Å². The number of rotatable bonds is 53. The number of carbonyl (C=O) groups excluding carboxylic acids is 2. The largest absolute Gasteiger partial charge is 0.462 e. The van der Waals surface area contributed by atoms with Crippen LogP contribution < -0.4 is 0 Å². The van der Waals surface area contributed by atoms with E-state index < -0.39 is 6.10 Å². The molecule has 0 aromatic rings. The van der Waals surface area contributed by atoms with E-state index in [2.05, 4.69) is 130 Å². The third-order valence-corrected chi connectivity index (χ3v) is 12.3. The predicted octanol–water partition coefficient (Wildman–Crippen LogP) is 20.3. The standard InChI is InChI=1S/C65H110O5/c1-4-7-10-13-16-19-22-25-28-30-32-34-36-39-42-45-48-51-54-57-60-68-61-63(70-65(67)59-56-53-50-47-44-41-37-27-24-21-18-15-12-9-6-3)62-69-64(66)58-55-52-49-46-43-40-38-35-33-31-29-26-23-20-17-14-11-8-5-2/h7,9-10,12,16,18-19,21,25,27-28,32,34,37,39,42,44,47,63H,4-6,8,11,13-15,17,20,22-24,26,29-31,33,35-36,38,40-41,43,45-46,48-62H2,1-3H3/b10-7-,12-9-,19-16-,21-18-,28-25-,34-32-,37-27-,42-39-,47-44-. The first kappa shape index (κ1) is 66.6. The molecule has 5 nitrogen and oxygen atoms in total. The fourth-order valence-electron chi connectivity index (χ4n) is 8.00. The third-order valence-electron chi connectivity index (χ3n) is 12.3. The molecule has 0 aliphatic heterocycles. The molecule has 0 aliphatic carbocycles. The maximum absolute atomic E-state index is 12.8. The molecular formula is C65H110O5. The maximum atomic E-state index is 12.8. The van der Waals surface area contributed by atoms with Crippen molar-refractivity contribution in [1.29, 1.82) is 0 Å². The summed E-state index contributed by atoms with van der Waals surface area (Å²) >= 11 is 0. The Kier molecular flexibility index (Phi) is 56.9. The van der Waals surface area contributed by atoms with Gasteiger partial charge in [0, 0.05) is 19.4 Å². The Hall–Kier alpha value is -3.44. The van der Waals surface area contributed by atoms with Crippen molar-refractivity contribution in [3.8, 4) is 0 Å². The predicted molar refractivity (Wildman–Crippen MR) is 306 cm³/mol. The number of unbranched alkanes of at least 4 members (excludes halogenated alkanes) is 24. The van der Waals surface area contributed by atoms with Gasteiger partial charge in [0.1, 0.15) is 6.61 Å². The van der Waals surface area contributed by atoms with Gasteiger partial charge in [-0.3, -0.25) is 9.59 Å². The van der Waals surface area contributed by atoms with Crippen LogP contribution in [0.4, 0.5) is 0 Å². The van der Waals surface area contributed by atoms with Crippen LogP contribution in [0.5, 0.6) is 0 Å². The molecule has 1 unspecified atom stereocenters. The summed E-state index contributed by atoms with van der Waals surface area (Å²) < 4.78 is 17.4. The Labute approximate surface area is 434 Å². The summed E-state index contributed by atoms with van der Waals surface area (Å²) in [6, 6.07) is 0. The van der Waals surface area contributed by atoms with Gasteiger partial charge in [0.2, 0.25) is 0 Å². The lowest BCUT2D eigenvalue weighted by Crippen LogP contribution is -2.30. The second kappa shape index (κ2) is 59.9. The summed E-state index contributed by atoms with van der Waals surface area (Å²) in [6.07, 6.45) is 82.6. The summed E-state index contributed by atoms with van der Waals surface area (Å²) in [4.78, 5) is 25.5. The number of ether oxygens (including phenoxy) is 3. The van der Waals surface area contributed by atoms with Crippen LogP contribution in [0.3, 0.4) is 0 Å². The highest BCUT2D eigenvalue weighted by Gasteiger charge is 2.17.